The third-order valence-corrected chi connectivity index (χ3v) is 5.43. The van der Waals surface area contributed by atoms with Crippen molar-refractivity contribution in [2.24, 2.45) is 0 Å². The van der Waals surface area contributed by atoms with Gasteiger partial charge < -0.3 is 19.4 Å². The van der Waals surface area contributed by atoms with Gasteiger partial charge in [0, 0.05) is 50.9 Å². The largest absolute Gasteiger partial charge is 0.495 e. The summed E-state index contributed by atoms with van der Waals surface area (Å²) in [6.45, 7) is 2.79. The van der Waals surface area contributed by atoms with E-state index in [0.717, 1.165) is 12.1 Å². The average Bonchev–Trinajstić information content (AvgIpc) is 3.19. The number of piperazine rings is 1. The number of amides is 2. The molecule has 2 saturated heterocycles. The molecule has 0 saturated carbocycles. The molecule has 2 aliphatic rings. The molecule has 2 amide bonds. The molecule has 2 aliphatic heterocycles. The van der Waals surface area contributed by atoms with Crippen LogP contribution in [-0.4, -0.2) is 61.5 Å². The maximum atomic E-state index is 14.4. The van der Waals surface area contributed by atoms with Crippen molar-refractivity contribution in [2.45, 2.75) is 12.8 Å². The van der Waals surface area contributed by atoms with Gasteiger partial charge in [0.25, 0.3) is 5.91 Å². The first-order valence-electron chi connectivity index (χ1n) is 9.70. The number of rotatable bonds is 4. The molecule has 0 aliphatic carbocycles. The van der Waals surface area contributed by atoms with Gasteiger partial charge in [-0.05, 0) is 24.6 Å². The smallest absolute Gasteiger partial charge is 0.257 e. The van der Waals surface area contributed by atoms with Crippen LogP contribution in [0.5, 0.6) is 5.75 Å². The molecular formula is C21H23FN4O3. The summed E-state index contributed by atoms with van der Waals surface area (Å²) in [4.78, 5) is 34.5. The number of hydrogen-bond acceptors (Lipinski definition) is 5. The predicted octanol–water partition coefficient (Wildman–Crippen LogP) is 2.32. The summed E-state index contributed by atoms with van der Waals surface area (Å²) in [7, 11) is 1.59. The van der Waals surface area contributed by atoms with Crippen molar-refractivity contribution in [3.8, 4) is 5.75 Å². The number of carbonyl (C=O) groups is 2. The number of ether oxygens (including phenoxy) is 1. The summed E-state index contributed by atoms with van der Waals surface area (Å²) < 4.78 is 19.6. The van der Waals surface area contributed by atoms with Crippen molar-refractivity contribution in [3.63, 3.8) is 0 Å². The summed E-state index contributed by atoms with van der Waals surface area (Å²) >= 11 is 0. The van der Waals surface area contributed by atoms with Crippen LogP contribution in [0.4, 0.5) is 15.8 Å². The SMILES string of the molecule is COc1cncc(N2CCN(C(=O)c3cc(N4CCCC4=O)ccc3F)CC2)c1. The molecule has 0 atom stereocenters. The highest BCUT2D eigenvalue weighted by Crippen LogP contribution is 2.26. The van der Waals surface area contributed by atoms with E-state index in [4.69, 9.17) is 4.74 Å². The van der Waals surface area contributed by atoms with E-state index in [2.05, 4.69) is 9.88 Å². The van der Waals surface area contributed by atoms with Gasteiger partial charge in [-0.1, -0.05) is 0 Å². The molecule has 3 heterocycles. The Kier molecular flexibility index (Phi) is 5.33. The van der Waals surface area contributed by atoms with Crippen molar-refractivity contribution in [2.75, 3.05) is 49.6 Å². The summed E-state index contributed by atoms with van der Waals surface area (Å²) in [5.41, 5.74) is 1.52. The number of hydrogen-bond donors (Lipinski definition) is 0. The third-order valence-electron chi connectivity index (χ3n) is 5.43. The third kappa shape index (κ3) is 3.87. The van der Waals surface area contributed by atoms with Crippen molar-refractivity contribution in [1.82, 2.24) is 9.88 Å². The lowest BCUT2D eigenvalue weighted by Crippen LogP contribution is -2.49. The molecule has 29 heavy (non-hydrogen) atoms. The Balaban J connectivity index is 1.46. The summed E-state index contributed by atoms with van der Waals surface area (Å²) in [5.74, 6) is -0.226. The van der Waals surface area contributed by atoms with E-state index in [0.29, 0.717) is 50.6 Å². The Morgan fingerprint density at radius 2 is 1.86 bits per heavy atom. The van der Waals surface area contributed by atoms with E-state index in [1.54, 1.807) is 35.4 Å². The first-order chi connectivity index (χ1) is 14.1. The van der Waals surface area contributed by atoms with Crippen molar-refractivity contribution >= 4 is 23.2 Å². The number of halogens is 1. The fourth-order valence-corrected chi connectivity index (χ4v) is 3.80. The zero-order valence-electron chi connectivity index (χ0n) is 16.3. The van der Waals surface area contributed by atoms with E-state index in [-0.39, 0.29) is 17.4 Å². The number of benzene rings is 1. The molecule has 0 bridgehead atoms. The molecule has 0 N–H and O–H groups in total. The van der Waals surface area contributed by atoms with Gasteiger partial charge in [-0.2, -0.15) is 0 Å². The monoisotopic (exact) mass is 398 g/mol. The highest BCUT2D eigenvalue weighted by Gasteiger charge is 2.27. The molecule has 7 nitrogen and oxygen atoms in total. The van der Waals surface area contributed by atoms with Gasteiger partial charge in [0.1, 0.15) is 11.6 Å². The summed E-state index contributed by atoms with van der Waals surface area (Å²) in [6.07, 6.45) is 4.67. The first kappa shape index (κ1) is 19.2. The van der Waals surface area contributed by atoms with Gasteiger partial charge in [-0.15, -0.1) is 0 Å². The van der Waals surface area contributed by atoms with E-state index in [9.17, 15) is 14.0 Å². The molecule has 152 valence electrons. The number of methoxy groups -OCH3 is 1. The van der Waals surface area contributed by atoms with Gasteiger partial charge in [0.2, 0.25) is 5.91 Å². The molecular weight excluding hydrogens is 375 g/mol. The quantitative estimate of drug-likeness (QED) is 0.791. The number of nitrogens with zero attached hydrogens (tertiary/aromatic N) is 4. The fraction of sp³-hybridized carbons (Fsp3) is 0.381. The molecule has 8 heteroatoms. The molecule has 1 aromatic carbocycles. The Labute approximate surface area is 168 Å². The zero-order valence-corrected chi connectivity index (χ0v) is 16.3. The van der Waals surface area contributed by atoms with Gasteiger partial charge in [-0.3, -0.25) is 14.6 Å². The molecule has 4 rings (SSSR count). The molecule has 0 unspecified atom stereocenters. The molecule has 1 aromatic heterocycles. The Bertz CT molecular complexity index is 928. The number of aromatic nitrogens is 1. The van der Waals surface area contributed by atoms with Crippen molar-refractivity contribution in [3.05, 3.63) is 48.0 Å². The van der Waals surface area contributed by atoms with E-state index < -0.39 is 5.82 Å². The first-order valence-corrected chi connectivity index (χ1v) is 9.70. The second-order valence-electron chi connectivity index (χ2n) is 7.18. The van der Waals surface area contributed by atoms with Gasteiger partial charge in [0.05, 0.1) is 30.8 Å². The Hall–Kier alpha value is -3.16. The summed E-state index contributed by atoms with van der Waals surface area (Å²) in [6, 6.07) is 6.23. The van der Waals surface area contributed by atoms with Gasteiger partial charge in [-0.25, -0.2) is 4.39 Å². The normalized spacial score (nSPS) is 17.0. The lowest BCUT2D eigenvalue weighted by molar-refractivity contribution is -0.117. The number of carbonyl (C=O) groups excluding carboxylic acids is 2. The molecule has 2 aromatic rings. The van der Waals surface area contributed by atoms with Crippen LogP contribution in [0.15, 0.2) is 36.7 Å². The standard InChI is InChI=1S/C21H23FN4O3/c1-29-17-11-16(13-23-14-17)24-7-9-25(10-8-24)21(28)18-12-15(4-5-19(18)22)26-6-2-3-20(26)27/h4-5,11-14H,2-3,6-10H2,1H3. The molecule has 0 radical (unpaired) electrons. The van der Waals surface area contributed by atoms with Gasteiger partial charge in [0.15, 0.2) is 0 Å². The maximum absolute atomic E-state index is 14.4. The topological polar surface area (TPSA) is 66.0 Å². The maximum Gasteiger partial charge on any atom is 0.257 e. The minimum atomic E-state index is -0.565. The predicted molar refractivity (Wildman–Crippen MR) is 107 cm³/mol. The average molecular weight is 398 g/mol. The molecule has 2 fully saturated rings. The van der Waals surface area contributed by atoms with Crippen LogP contribution >= 0.6 is 0 Å². The highest BCUT2D eigenvalue weighted by atomic mass is 19.1. The Morgan fingerprint density at radius 1 is 1.07 bits per heavy atom. The summed E-state index contributed by atoms with van der Waals surface area (Å²) in [5, 5.41) is 0. The fourth-order valence-electron chi connectivity index (χ4n) is 3.80. The van der Waals surface area contributed by atoms with Gasteiger partial charge >= 0.3 is 0 Å². The van der Waals surface area contributed by atoms with E-state index in [1.165, 1.54) is 12.1 Å². The molecule has 0 spiro atoms. The van der Waals surface area contributed by atoms with Crippen molar-refractivity contribution in [1.29, 1.82) is 0 Å². The lowest BCUT2D eigenvalue weighted by Gasteiger charge is -2.36. The van der Waals surface area contributed by atoms with Crippen LogP contribution in [0.1, 0.15) is 23.2 Å². The van der Waals surface area contributed by atoms with Crippen LogP contribution in [0.25, 0.3) is 0 Å². The van der Waals surface area contributed by atoms with Crippen LogP contribution in [0.2, 0.25) is 0 Å². The minimum absolute atomic E-state index is 0.00974. The Morgan fingerprint density at radius 3 is 2.55 bits per heavy atom. The van der Waals surface area contributed by atoms with Crippen LogP contribution in [0, 0.1) is 5.82 Å². The van der Waals surface area contributed by atoms with Crippen LogP contribution in [0.3, 0.4) is 0 Å². The number of pyridine rings is 1. The number of anilines is 2. The van der Waals surface area contributed by atoms with Crippen LogP contribution < -0.4 is 14.5 Å². The van der Waals surface area contributed by atoms with Crippen LogP contribution in [-0.2, 0) is 4.79 Å². The second-order valence-corrected chi connectivity index (χ2v) is 7.18. The van der Waals surface area contributed by atoms with Crippen molar-refractivity contribution < 1.29 is 18.7 Å². The zero-order chi connectivity index (χ0) is 20.4. The van der Waals surface area contributed by atoms with E-state index in [1.807, 2.05) is 6.07 Å². The minimum Gasteiger partial charge on any atom is -0.495 e. The van der Waals surface area contributed by atoms with E-state index >= 15 is 0 Å². The lowest BCUT2D eigenvalue weighted by atomic mass is 10.1. The second kappa shape index (κ2) is 8.06. The highest BCUT2D eigenvalue weighted by molar-refractivity contribution is 5.99.